The van der Waals surface area contributed by atoms with Gasteiger partial charge in [0.25, 0.3) is 0 Å². The first-order valence-corrected chi connectivity index (χ1v) is 6.76. The summed E-state index contributed by atoms with van der Waals surface area (Å²) in [5, 5.41) is 0. The van der Waals surface area contributed by atoms with Gasteiger partial charge in [-0.1, -0.05) is 13.3 Å². The summed E-state index contributed by atoms with van der Waals surface area (Å²) in [6.45, 7) is 11.4. The molecule has 0 atom stereocenters. The van der Waals surface area contributed by atoms with Crippen LogP contribution in [0, 0.1) is 0 Å². The summed E-state index contributed by atoms with van der Waals surface area (Å²) in [5.41, 5.74) is 1.89. The lowest BCUT2D eigenvalue weighted by atomic mass is 10.6. The molecule has 0 aromatic carbocycles. The summed E-state index contributed by atoms with van der Waals surface area (Å²) >= 11 is 0. The Balaban J connectivity index is 4.16. The molecule has 0 rings (SSSR count). The average molecular weight is 188 g/mol. The van der Waals surface area contributed by atoms with Crippen LogP contribution >= 0.6 is 0 Å². The van der Waals surface area contributed by atoms with Gasteiger partial charge in [0.2, 0.25) is 0 Å². The molecule has 0 aliphatic heterocycles. The molecule has 0 saturated carbocycles. The van der Waals surface area contributed by atoms with Gasteiger partial charge in [-0.3, -0.25) is 0 Å². The molecule has 0 aliphatic rings. The topological polar surface area (TPSA) is 18.5 Å². The van der Waals surface area contributed by atoms with Gasteiger partial charge in [0.15, 0.2) is 0 Å². The molecule has 0 amide bonds. The zero-order valence-electron chi connectivity index (χ0n) is 8.43. The van der Waals surface area contributed by atoms with Crippen LogP contribution in [0.1, 0.15) is 27.2 Å². The molecule has 0 saturated heterocycles. The van der Waals surface area contributed by atoms with Crippen molar-refractivity contribution in [1.82, 2.24) is 0 Å². The standard InChI is InChI=1S/C9H20O2Si/c1-5-9-12(8-4,10-6-2)11-7-3/h8H,4-7,9H2,1-3H3. The quantitative estimate of drug-likeness (QED) is 0.572. The van der Waals surface area contributed by atoms with E-state index in [1.165, 1.54) is 0 Å². The van der Waals surface area contributed by atoms with E-state index in [0.29, 0.717) is 0 Å². The van der Waals surface area contributed by atoms with E-state index in [1.54, 1.807) is 0 Å². The van der Waals surface area contributed by atoms with E-state index in [4.69, 9.17) is 8.85 Å². The molecule has 0 bridgehead atoms. The lowest BCUT2D eigenvalue weighted by Gasteiger charge is -2.25. The van der Waals surface area contributed by atoms with Crippen LogP contribution in [-0.4, -0.2) is 21.8 Å². The molecular weight excluding hydrogens is 168 g/mol. The zero-order valence-corrected chi connectivity index (χ0v) is 9.43. The second-order valence-electron chi connectivity index (χ2n) is 2.63. The maximum absolute atomic E-state index is 5.66. The maximum Gasteiger partial charge on any atom is 0.364 e. The molecule has 0 aromatic heterocycles. The molecule has 0 N–H and O–H groups in total. The second kappa shape index (κ2) is 6.40. The van der Waals surface area contributed by atoms with Gasteiger partial charge in [-0.25, -0.2) is 0 Å². The van der Waals surface area contributed by atoms with Gasteiger partial charge < -0.3 is 8.85 Å². The largest absolute Gasteiger partial charge is 0.392 e. The Morgan fingerprint density at radius 1 is 1.17 bits per heavy atom. The van der Waals surface area contributed by atoms with E-state index in [-0.39, 0.29) is 0 Å². The van der Waals surface area contributed by atoms with Crippen molar-refractivity contribution in [3.8, 4) is 0 Å². The second-order valence-corrected chi connectivity index (χ2v) is 5.74. The third kappa shape index (κ3) is 3.52. The van der Waals surface area contributed by atoms with Crippen molar-refractivity contribution in [2.45, 2.75) is 33.2 Å². The van der Waals surface area contributed by atoms with Crippen LogP contribution in [0.2, 0.25) is 6.04 Å². The number of hydrogen-bond acceptors (Lipinski definition) is 2. The highest BCUT2D eigenvalue weighted by molar-refractivity contribution is 6.72. The normalized spacial score (nSPS) is 11.6. The highest BCUT2D eigenvalue weighted by Crippen LogP contribution is 2.16. The minimum atomic E-state index is -2.01. The third-order valence-electron chi connectivity index (χ3n) is 1.69. The first kappa shape index (κ1) is 11.9. The van der Waals surface area contributed by atoms with Crippen LogP contribution < -0.4 is 0 Å². The summed E-state index contributed by atoms with van der Waals surface area (Å²) in [5.74, 6) is 0. The molecule has 12 heavy (non-hydrogen) atoms. The summed E-state index contributed by atoms with van der Waals surface area (Å²) in [6.07, 6.45) is 1.10. The summed E-state index contributed by atoms with van der Waals surface area (Å²) in [7, 11) is -2.01. The van der Waals surface area contributed by atoms with Gasteiger partial charge in [-0.2, -0.15) is 0 Å². The van der Waals surface area contributed by atoms with Gasteiger partial charge in [-0.15, -0.1) is 6.58 Å². The van der Waals surface area contributed by atoms with Crippen molar-refractivity contribution < 1.29 is 8.85 Å². The van der Waals surface area contributed by atoms with Crippen molar-refractivity contribution in [2.75, 3.05) is 13.2 Å². The fourth-order valence-corrected chi connectivity index (χ4v) is 3.73. The van der Waals surface area contributed by atoms with E-state index in [9.17, 15) is 0 Å². The lowest BCUT2D eigenvalue weighted by molar-refractivity contribution is 0.194. The first-order chi connectivity index (χ1) is 5.74. The number of rotatable bonds is 7. The Labute approximate surface area is 76.8 Å². The molecule has 0 radical (unpaired) electrons. The Morgan fingerprint density at radius 3 is 1.92 bits per heavy atom. The van der Waals surface area contributed by atoms with Crippen LogP contribution in [0.5, 0.6) is 0 Å². The number of hydrogen-bond donors (Lipinski definition) is 0. The molecule has 0 unspecified atom stereocenters. The smallest absolute Gasteiger partial charge is 0.364 e. The molecule has 2 nitrogen and oxygen atoms in total. The Bertz CT molecular complexity index is 109. The minimum absolute atomic E-state index is 0.720. The minimum Gasteiger partial charge on any atom is -0.392 e. The van der Waals surface area contributed by atoms with Crippen molar-refractivity contribution in [3.63, 3.8) is 0 Å². The average Bonchev–Trinajstić information content (AvgIpc) is 2.06. The summed E-state index contributed by atoms with van der Waals surface area (Å²) in [4.78, 5) is 0. The monoisotopic (exact) mass is 188 g/mol. The Hall–Kier alpha value is -0.123. The molecule has 0 aromatic rings. The van der Waals surface area contributed by atoms with Crippen LogP contribution in [0.15, 0.2) is 12.3 Å². The van der Waals surface area contributed by atoms with Gasteiger partial charge in [-0.05, 0) is 25.6 Å². The van der Waals surface area contributed by atoms with Crippen molar-refractivity contribution in [1.29, 1.82) is 0 Å². The van der Waals surface area contributed by atoms with Gasteiger partial charge in [0.05, 0.1) is 0 Å². The zero-order chi connectivity index (χ0) is 9.45. The fourth-order valence-electron chi connectivity index (χ4n) is 1.24. The molecule has 0 aliphatic carbocycles. The fraction of sp³-hybridized carbons (Fsp3) is 0.778. The van der Waals surface area contributed by atoms with Gasteiger partial charge >= 0.3 is 8.56 Å². The predicted octanol–water partition coefficient (Wildman–Crippen LogP) is 2.64. The van der Waals surface area contributed by atoms with Crippen LogP contribution in [0.25, 0.3) is 0 Å². The van der Waals surface area contributed by atoms with Gasteiger partial charge in [0, 0.05) is 13.2 Å². The molecular formula is C9H20O2Si. The van der Waals surface area contributed by atoms with Crippen molar-refractivity contribution >= 4 is 8.56 Å². The van der Waals surface area contributed by atoms with Gasteiger partial charge in [0.1, 0.15) is 0 Å². The molecule has 3 heteroatoms. The summed E-state index contributed by atoms with van der Waals surface area (Å²) < 4.78 is 11.3. The van der Waals surface area contributed by atoms with Crippen molar-refractivity contribution in [2.24, 2.45) is 0 Å². The predicted molar refractivity (Wildman–Crippen MR) is 54.3 cm³/mol. The Morgan fingerprint density at radius 2 is 1.67 bits per heavy atom. The lowest BCUT2D eigenvalue weighted by Crippen LogP contribution is -2.40. The molecule has 72 valence electrons. The van der Waals surface area contributed by atoms with E-state index in [1.807, 2.05) is 19.5 Å². The van der Waals surface area contributed by atoms with Crippen molar-refractivity contribution in [3.05, 3.63) is 12.3 Å². The highest BCUT2D eigenvalue weighted by Gasteiger charge is 2.31. The van der Waals surface area contributed by atoms with Crippen LogP contribution in [0.4, 0.5) is 0 Å². The maximum atomic E-state index is 5.66. The summed E-state index contributed by atoms with van der Waals surface area (Å²) in [6, 6.07) is 1.01. The van der Waals surface area contributed by atoms with Crippen LogP contribution in [0.3, 0.4) is 0 Å². The SMILES string of the molecule is C=C[Si](CCC)(OCC)OCC. The van der Waals surface area contributed by atoms with E-state index in [0.717, 1.165) is 25.7 Å². The third-order valence-corrected chi connectivity index (χ3v) is 5.06. The highest BCUT2D eigenvalue weighted by atomic mass is 28.4. The van der Waals surface area contributed by atoms with E-state index < -0.39 is 8.56 Å². The Kier molecular flexibility index (Phi) is 6.33. The molecule has 0 heterocycles. The van der Waals surface area contributed by atoms with Crippen LogP contribution in [-0.2, 0) is 8.85 Å². The van der Waals surface area contributed by atoms with E-state index in [2.05, 4.69) is 13.5 Å². The molecule has 0 fully saturated rings. The molecule has 0 spiro atoms. The van der Waals surface area contributed by atoms with E-state index >= 15 is 0 Å². The first-order valence-electron chi connectivity index (χ1n) is 4.66.